The first kappa shape index (κ1) is 23.2. The predicted molar refractivity (Wildman–Crippen MR) is 112 cm³/mol. The summed E-state index contributed by atoms with van der Waals surface area (Å²) in [4.78, 5) is 0. The van der Waals surface area contributed by atoms with Crippen LogP contribution in [0.4, 0.5) is 11.4 Å². The maximum atomic E-state index is 6.25. The van der Waals surface area contributed by atoms with E-state index in [0.717, 1.165) is 33.8 Å². The Hall–Kier alpha value is -0.857. The number of hydrogen-bond acceptors (Lipinski definition) is 3. The van der Waals surface area contributed by atoms with Crippen LogP contribution in [0.25, 0.3) is 0 Å². The first-order valence-corrected chi connectivity index (χ1v) is 14.5. The van der Waals surface area contributed by atoms with Gasteiger partial charge in [-0.05, 0) is 75.7 Å². The molecule has 0 unspecified atom stereocenters. The summed E-state index contributed by atoms with van der Waals surface area (Å²) in [5, 5.41) is 9.04. The van der Waals surface area contributed by atoms with Crippen molar-refractivity contribution in [2.24, 2.45) is 10.2 Å². The van der Waals surface area contributed by atoms with E-state index in [-0.39, 0.29) is 0 Å². The van der Waals surface area contributed by atoms with E-state index in [1.165, 1.54) is 5.56 Å². The van der Waals surface area contributed by atoms with Crippen molar-refractivity contribution in [1.82, 2.24) is 0 Å². The van der Waals surface area contributed by atoms with Crippen molar-refractivity contribution in [3.05, 3.63) is 52.6 Å². The second kappa shape index (κ2) is 10.5. The van der Waals surface area contributed by atoms with E-state index in [2.05, 4.69) is 75.8 Å². The van der Waals surface area contributed by atoms with Gasteiger partial charge < -0.3 is 4.43 Å². The van der Waals surface area contributed by atoms with Gasteiger partial charge in [0.05, 0.1) is 5.69 Å². The number of azo groups is 1. The minimum absolute atomic E-state index is 0.382. The van der Waals surface area contributed by atoms with Gasteiger partial charge in [-0.3, -0.25) is 0 Å². The van der Waals surface area contributed by atoms with E-state index < -0.39 is 8.32 Å². The number of halogens is 2. The third-order valence-corrected chi connectivity index (χ3v) is 4.32. The molecule has 0 aliphatic rings. The zero-order valence-electron chi connectivity index (χ0n) is 16.3. The molecule has 0 aliphatic heterocycles. The number of rotatable bonds is 4. The average Bonchev–Trinajstić information content (AvgIpc) is 2.50. The molecule has 0 aliphatic carbocycles. The second-order valence-corrected chi connectivity index (χ2v) is 13.3. The second-order valence-electron chi connectivity index (χ2n) is 7.13. The van der Waals surface area contributed by atoms with E-state index >= 15 is 0 Å². The fraction of sp³-hybridized carbons (Fsp3) is 0.368. The summed E-state index contributed by atoms with van der Waals surface area (Å²) in [6.45, 7) is 14.8. The van der Waals surface area contributed by atoms with Crippen molar-refractivity contribution >= 4 is 40.0 Å². The average molecular weight is 456 g/mol. The Morgan fingerprint density at radius 3 is 1.92 bits per heavy atom. The standard InChI is InChI=1S/C19H26N2OSi.2ClH.Co/c1-13-11-16(4)19(22-23(5,6)7)17(12-13)20-21-18-14(2)9-8-10-15(18)3;;;/h8-12H,1-7H3;2*1H;/q;;;+2/p-2. The van der Waals surface area contributed by atoms with Crippen LogP contribution in [0.1, 0.15) is 22.3 Å². The van der Waals surface area contributed by atoms with Crippen molar-refractivity contribution < 1.29 is 17.3 Å². The van der Waals surface area contributed by atoms with Gasteiger partial charge in [0.25, 0.3) is 0 Å². The Morgan fingerprint density at radius 2 is 1.42 bits per heavy atom. The fourth-order valence-corrected chi connectivity index (χ4v) is 3.39. The molecule has 0 saturated carbocycles. The summed E-state index contributed by atoms with van der Waals surface area (Å²) < 4.78 is 6.25. The van der Waals surface area contributed by atoms with Crippen LogP contribution in [0.3, 0.4) is 0 Å². The van der Waals surface area contributed by atoms with Crippen LogP contribution in [0.2, 0.25) is 19.6 Å². The third-order valence-electron chi connectivity index (χ3n) is 3.50. The minimum atomic E-state index is -1.71. The number of benzene rings is 2. The summed E-state index contributed by atoms with van der Waals surface area (Å²) in [5.41, 5.74) is 6.29. The molecule has 0 spiro atoms. The summed E-state index contributed by atoms with van der Waals surface area (Å²) in [6, 6.07) is 10.3. The summed E-state index contributed by atoms with van der Waals surface area (Å²) in [6.07, 6.45) is 0. The molecule has 7 heteroatoms. The molecule has 0 amide bonds. The summed E-state index contributed by atoms with van der Waals surface area (Å²) in [7, 11) is 7.76. The van der Waals surface area contributed by atoms with Crippen molar-refractivity contribution in [3.8, 4) is 5.75 Å². The van der Waals surface area contributed by atoms with Crippen molar-refractivity contribution in [2.75, 3.05) is 0 Å². The van der Waals surface area contributed by atoms with Gasteiger partial charge in [0, 0.05) is 0 Å². The van der Waals surface area contributed by atoms with Gasteiger partial charge in [-0.25, -0.2) is 0 Å². The third kappa shape index (κ3) is 7.41. The Morgan fingerprint density at radius 1 is 0.885 bits per heavy atom. The van der Waals surface area contributed by atoms with Gasteiger partial charge >= 0.3 is 33.2 Å². The molecular weight excluding hydrogens is 430 g/mol. The Balaban J connectivity index is 0.00000105. The molecule has 0 saturated heterocycles. The molecule has 0 fully saturated rings. The van der Waals surface area contributed by atoms with E-state index in [1.54, 1.807) is 0 Å². The van der Waals surface area contributed by atoms with Crippen molar-refractivity contribution in [2.45, 2.75) is 47.3 Å². The zero-order valence-corrected chi connectivity index (χ0v) is 19.8. The van der Waals surface area contributed by atoms with Gasteiger partial charge in [0.2, 0.25) is 8.32 Å². The SMILES string of the molecule is Cc1cc(C)c(O[Si](C)(C)C)c(N=Nc2c(C)cccc2C)c1.[Cl][Co][Cl]. The Bertz CT molecular complexity index is 757. The molecule has 0 bridgehead atoms. The molecule has 145 valence electrons. The number of aryl methyl sites for hydroxylation is 4. The molecule has 0 heterocycles. The zero-order chi connectivity index (χ0) is 19.9. The van der Waals surface area contributed by atoms with E-state index in [4.69, 9.17) is 24.7 Å². The van der Waals surface area contributed by atoms with Crippen LogP contribution >= 0.6 is 20.3 Å². The molecule has 0 radical (unpaired) electrons. The molecular formula is C19H26Cl2CoN2OSi. The first-order valence-electron chi connectivity index (χ1n) is 8.21. The van der Waals surface area contributed by atoms with E-state index in [1.807, 2.05) is 12.1 Å². The van der Waals surface area contributed by atoms with Crippen LogP contribution in [-0.4, -0.2) is 8.32 Å². The van der Waals surface area contributed by atoms with Gasteiger partial charge in [0.15, 0.2) is 0 Å². The summed E-state index contributed by atoms with van der Waals surface area (Å²) in [5.74, 6) is 0.866. The molecule has 26 heavy (non-hydrogen) atoms. The molecule has 0 atom stereocenters. The van der Waals surface area contributed by atoms with Crippen LogP contribution < -0.4 is 4.43 Å². The van der Waals surface area contributed by atoms with Gasteiger partial charge in [0.1, 0.15) is 11.4 Å². The Kier molecular flexibility index (Phi) is 9.34. The quantitative estimate of drug-likeness (QED) is 0.340. The van der Waals surface area contributed by atoms with Crippen LogP contribution in [0, 0.1) is 27.7 Å². The number of nitrogens with zero attached hydrogens (tertiary/aromatic N) is 2. The molecule has 0 aromatic heterocycles. The molecule has 2 rings (SSSR count). The predicted octanol–water partition coefficient (Wildman–Crippen LogP) is 7.93. The summed E-state index contributed by atoms with van der Waals surface area (Å²) >= 11 is 0.382. The normalized spacial score (nSPS) is 11.4. The van der Waals surface area contributed by atoms with Gasteiger partial charge in [-0.15, -0.1) is 10.2 Å². The monoisotopic (exact) mass is 455 g/mol. The molecule has 2 aromatic carbocycles. The first-order chi connectivity index (χ1) is 12.1. The van der Waals surface area contributed by atoms with Crippen LogP contribution in [0.15, 0.2) is 40.6 Å². The van der Waals surface area contributed by atoms with Crippen molar-refractivity contribution in [1.29, 1.82) is 0 Å². The fourth-order valence-electron chi connectivity index (χ4n) is 2.51. The topological polar surface area (TPSA) is 34.0 Å². The van der Waals surface area contributed by atoms with Gasteiger partial charge in [-0.2, -0.15) is 0 Å². The maximum absolute atomic E-state index is 6.25. The molecule has 2 aromatic rings. The van der Waals surface area contributed by atoms with Crippen molar-refractivity contribution in [3.63, 3.8) is 0 Å². The molecule has 0 N–H and O–H groups in total. The number of hydrogen-bond donors (Lipinski definition) is 0. The van der Waals surface area contributed by atoms with Crippen LogP contribution in [0.5, 0.6) is 5.75 Å². The van der Waals surface area contributed by atoms with Crippen LogP contribution in [-0.2, 0) is 12.9 Å². The van der Waals surface area contributed by atoms with Gasteiger partial charge in [-0.1, -0.05) is 24.3 Å². The van der Waals surface area contributed by atoms with E-state index in [9.17, 15) is 0 Å². The molecule has 3 nitrogen and oxygen atoms in total. The van der Waals surface area contributed by atoms with E-state index in [0.29, 0.717) is 12.9 Å². The Labute approximate surface area is 172 Å².